The Balaban J connectivity index is 2.86. The van der Waals surface area contributed by atoms with Crippen molar-refractivity contribution in [2.24, 2.45) is 0 Å². The maximum Gasteiger partial charge on any atom is 0.337 e. The predicted octanol–water partition coefficient (Wildman–Crippen LogP) is 1.18. The summed E-state index contributed by atoms with van der Waals surface area (Å²) in [6.07, 6.45) is 0. The molecule has 1 aromatic rings. The van der Waals surface area contributed by atoms with Crippen LogP contribution in [0.1, 0.15) is 17.3 Å². The van der Waals surface area contributed by atoms with Gasteiger partial charge in [-0.05, 0) is 19.1 Å². The van der Waals surface area contributed by atoms with Gasteiger partial charge in [-0.2, -0.15) is 0 Å². The van der Waals surface area contributed by atoms with Gasteiger partial charge in [0.15, 0.2) is 17.2 Å². The van der Waals surface area contributed by atoms with Crippen LogP contribution >= 0.6 is 11.6 Å². The first-order chi connectivity index (χ1) is 8.65. The zero-order chi connectivity index (χ0) is 14.8. The minimum atomic E-state index is -2.18. The van der Waals surface area contributed by atoms with E-state index in [1.807, 2.05) is 0 Å². The molecule has 0 saturated carbocycles. The number of benzene rings is 1. The zero-order valence-corrected chi connectivity index (χ0v) is 10.5. The molecule has 0 aliphatic rings. The summed E-state index contributed by atoms with van der Waals surface area (Å²) in [5, 5.41) is 19.7. The Hall–Kier alpha value is -1.73. The Morgan fingerprint density at radius 1 is 1.37 bits per heavy atom. The van der Waals surface area contributed by atoms with Crippen LogP contribution in [0.3, 0.4) is 0 Å². The second kappa shape index (κ2) is 5.50. The van der Waals surface area contributed by atoms with Gasteiger partial charge in [0.1, 0.15) is 0 Å². The average Bonchev–Trinajstić information content (AvgIpc) is 2.30. The second-order valence-electron chi connectivity index (χ2n) is 4.01. The van der Waals surface area contributed by atoms with E-state index in [0.29, 0.717) is 12.1 Å². The van der Waals surface area contributed by atoms with Crippen molar-refractivity contribution in [3.8, 4) is 0 Å². The fourth-order valence-electron chi connectivity index (χ4n) is 1.12. The van der Waals surface area contributed by atoms with Gasteiger partial charge in [-0.25, -0.2) is 13.6 Å². The second-order valence-corrected chi connectivity index (χ2v) is 4.42. The van der Waals surface area contributed by atoms with Crippen molar-refractivity contribution in [2.75, 3.05) is 6.54 Å². The lowest BCUT2D eigenvalue weighted by atomic mass is 10.1. The van der Waals surface area contributed by atoms with Gasteiger partial charge >= 0.3 is 5.97 Å². The minimum Gasteiger partial charge on any atom is -0.479 e. The van der Waals surface area contributed by atoms with Crippen molar-refractivity contribution in [1.29, 1.82) is 0 Å². The van der Waals surface area contributed by atoms with Gasteiger partial charge in [0.05, 0.1) is 17.1 Å². The van der Waals surface area contributed by atoms with Crippen LogP contribution in [0.15, 0.2) is 12.1 Å². The molecule has 0 aliphatic carbocycles. The Bertz CT molecular complexity index is 534. The molecule has 19 heavy (non-hydrogen) atoms. The van der Waals surface area contributed by atoms with Crippen LogP contribution in [0.2, 0.25) is 5.02 Å². The molecule has 0 aliphatic heterocycles. The topological polar surface area (TPSA) is 86.6 Å². The summed E-state index contributed by atoms with van der Waals surface area (Å²) in [6, 6.07) is 1.21. The van der Waals surface area contributed by atoms with Gasteiger partial charge in [-0.3, -0.25) is 4.79 Å². The minimum absolute atomic E-state index is 0.327. The molecule has 104 valence electrons. The number of carboxylic acid groups (broad SMARTS) is 1. The van der Waals surface area contributed by atoms with Gasteiger partial charge in [-0.1, -0.05) is 11.6 Å². The molecule has 1 amide bonds. The Labute approximate surface area is 111 Å². The molecule has 0 heterocycles. The van der Waals surface area contributed by atoms with Crippen molar-refractivity contribution >= 4 is 23.5 Å². The number of rotatable bonds is 4. The SMILES string of the molecule is CC(O)(CNC(=O)c1cc(F)c(F)cc1Cl)C(=O)O. The number of amides is 1. The molecule has 1 unspecified atom stereocenters. The first-order valence-corrected chi connectivity index (χ1v) is 5.41. The number of aliphatic carboxylic acids is 1. The lowest BCUT2D eigenvalue weighted by Gasteiger charge is -2.18. The van der Waals surface area contributed by atoms with Gasteiger partial charge in [0.25, 0.3) is 5.91 Å². The third-order valence-corrected chi connectivity index (χ3v) is 2.62. The number of halogens is 3. The largest absolute Gasteiger partial charge is 0.479 e. The van der Waals surface area contributed by atoms with E-state index in [1.54, 1.807) is 0 Å². The van der Waals surface area contributed by atoms with E-state index in [-0.39, 0.29) is 10.6 Å². The molecule has 0 saturated heterocycles. The zero-order valence-electron chi connectivity index (χ0n) is 9.71. The number of carbonyl (C=O) groups excluding carboxylic acids is 1. The van der Waals surface area contributed by atoms with Crippen LogP contribution in [-0.4, -0.2) is 34.2 Å². The molecule has 8 heteroatoms. The van der Waals surface area contributed by atoms with E-state index in [2.05, 4.69) is 5.32 Å². The van der Waals surface area contributed by atoms with E-state index < -0.39 is 35.7 Å². The maximum atomic E-state index is 13.0. The van der Waals surface area contributed by atoms with Crippen LogP contribution in [-0.2, 0) is 4.79 Å². The molecule has 5 nitrogen and oxygen atoms in total. The third kappa shape index (κ3) is 3.62. The highest BCUT2D eigenvalue weighted by atomic mass is 35.5. The summed E-state index contributed by atoms with van der Waals surface area (Å²) in [6.45, 7) is 0.360. The highest BCUT2D eigenvalue weighted by Gasteiger charge is 2.30. The van der Waals surface area contributed by atoms with Crippen LogP contribution in [0.25, 0.3) is 0 Å². The van der Waals surface area contributed by atoms with Crippen molar-refractivity contribution in [1.82, 2.24) is 5.32 Å². The van der Waals surface area contributed by atoms with Crippen molar-refractivity contribution in [3.05, 3.63) is 34.4 Å². The quantitative estimate of drug-likeness (QED) is 0.728. The van der Waals surface area contributed by atoms with Crippen molar-refractivity contribution in [3.63, 3.8) is 0 Å². The summed E-state index contributed by atoms with van der Waals surface area (Å²) in [5.41, 5.74) is -2.54. The Morgan fingerprint density at radius 3 is 2.42 bits per heavy atom. The molecule has 1 aromatic carbocycles. The van der Waals surface area contributed by atoms with E-state index in [4.69, 9.17) is 16.7 Å². The van der Waals surface area contributed by atoms with Gasteiger partial charge in [0, 0.05) is 0 Å². The molecule has 0 spiro atoms. The molecule has 0 fully saturated rings. The van der Waals surface area contributed by atoms with E-state index in [1.165, 1.54) is 0 Å². The first kappa shape index (κ1) is 15.3. The van der Waals surface area contributed by atoms with Crippen LogP contribution in [0, 0.1) is 11.6 Å². The van der Waals surface area contributed by atoms with Gasteiger partial charge in [-0.15, -0.1) is 0 Å². The van der Waals surface area contributed by atoms with Gasteiger partial charge in [0.2, 0.25) is 0 Å². The predicted molar refractivity (Wildman–Crippen MR) is 62.0 cm³/mol. The number of carbonyl (C=O) groups is 2. The highest BCUT2D eigenvalue weighted by Crippen LogP contribution is 2.20. The first-order valence-electron chi connectivity index (χ1n) is 5.03. The Morgan fingerprint density at radius 2 is 1.89 bits per heavy atom. The molecule has 1 atom stereocenters. The highest BCUT2D eigenvalue weighted by molar-refractivity contribution is 6.33. The number of aliphatic hydroxyl groups is 1. The smallest absolute Gasteiger partial charge is 0.337 e. The number of carboxylic acids is 1. The molecular formula is C11H10ClF2NO4. The molecule has 0 bridgehead atoms. The standard InChI is InChI=1S/C11H10ClF2NO4/c1-11(19,10(17)18)4-15-9(16)5-2-7(13)8(14)3-6(5)12/h2-3,19H,4H2,1H3,(H,15,16)(H,17,18). The number of hydrogen-bond acceptors (Lipinski definition) is 3. The monoisotopic (exact) mass is 293 g/mol. The molecule has 3 N–H and O–H groups in total. The fraction of sp³-hybridized carbons (Fsp3) is 0.273. The fourth-order valence-corrected chi connectivity index (χ4v) is 1.36. The number of hydrogen-bond donors (Lipinski definition) is 3. The summed E-state index contributed by atoms with van der Waals surface area (Å²) in [5.74, 6) is -4.94. The summed E-state index contributed by atoms with van der Waals surface area (Å²) < 4.78 is 25.8. The van der Waals surface area contributed by atoms with Crippen molar-refractivity contribution < 1.29 is 28.6 Å². The summed E-state index contributed by atoms with van der Waals surface area (Å²) >= 11 is 5.56. The van der Waals surface area contributed by atoms with Crippen molar-refractivity contribution in [2.45, 2.75) is 12.5 Å². The van der Waals surface area contributed by atoms with E-state index in [0.717, 1.165) is 6.92 Å². The lowest BCUT2D eigenvalue weighted by molar-refractivity contribution is -0.155. The third-order valence-electron chi connectivity index (χ3n) is 2.31. The van der Waals surface area contributed by atoms with Gasteiger partial charge < -0.3 is 15.5 Å². The lowest BCUT2D eigenvalue weighted by Crippen LogP contribution is -2.46. The van der Waals surface area contributed by atoms with E-state index >= 15 is 0 Å². The van der Waals surface area contributed by atoms with Crippen LogP contribution in [0.4, 0.5) is 8.78 Å². The van der Waals surface area contributed by atoms with E-state index in [9.17, 15) is 23.5 Å². The van der Waals surface area contributed by atoms with Crippen LogP contribution in [0.5, 0.6) is 0 Å². The summed E-state index contributed by atoms with van der Waals surface area (Å²) in [4.78, 5) is 22.2. The maximum absolute atomic E-state index is 13.0. The average molecular weight is 294 g/mol. The molecule has 1 rings (SSSR count). The number of nitrogens with one attached hydrogen (secondary N) is 1. The normalized spacial score (nSPS) is 13.7. The summed E-state index contributed by atoms with van der Waals surface area (Å²) in [7, 11) is 0. The molecule has 0 radical (unpaired) electrons. The molecule has 0 aromatic heterocycles. The molecular weight excluding hydrogens is 284 g/mol. The Kier molecular flexibility index (Phi) is 4.43. The van der Waals surface area contributed by atoms with Crippen LogP contribution < -0.4 is 5.32 Å².